The molecule has 1 fully saturated rings. The molecule has 24 heavy (non-hydrogen) atoms. The number of piperidine rings is 1. The first-order valence-corrected chi connectivity index (χ1v) is 9.23. The lowest BCUT2D eigenvalue weighted by atomic mass is 9.65. The molecule has 0 aliphatic carbocycles. The van der Waals surface area contributed by atoms with Gasteiger partial charge < -0.3 is 10.4 Å². The lowest BCUT2D eigenvalue weighted by Crippen LogP contribution is -2.93. The lowest BCUT2D eigenvalue weighted by molar-refractivity contribution is -0.764. The molecule has 1 saturated heterocycles. The molecule has 3 rings (SSSR count). The zero-order chi connectivity index (χ0) is 17.2. The van der Waals surface area contributed by atoms with Crippen molar-refractivity contribution in [3.05, 3.63) is 71.8 Å². The Morgan fingerprint density at radius 3 is 1.92 bits per heavy atom. The highest BCUT2D eigenvalue weighted by atomic mass is 16.3. The quantitative estimate of drug-likeness (QED) is 0.880. The van der Waals surface area contributed by atoms with Crippen LogP contribution >= 0.6 is 0 Å². The van der Waals surface area contributed by atoms with E-state index in [1.54, 1.807) is 0 Å². The van der Waals surface area contributed by atoms with Gasteiger partial charge in [0.1, 0.15) is 12.1 Å². The summed E-state index contributed by atoms with van der Waals surface area (Å²) < 4.78 is 0. The number of hydrogen-bond acceptors (Lipinski definition) is 1. The molecule has 128 valence electrons. The second kappa shape index (κ2) is 7.08. The molecule has 1 heterocycles. The normalized spacial score (nSPS) is 33.3. The van der Waals surface area contributed by atoms with Crippen LogP contribution in [0.1, 0.15) is 56.8 Å². The van der Waals surface area contributed by atoms with Gasteiger partial charge in [0.15, 0.2) is 0 Å². The number of aliphatic hydroxyl groups is 1. The Bertz CT molecular complexity index is 638. The Hall–Kier alpha value is -1.64. The standard InChI is InChI=1S/C22H29NO/c1-4-11-19-21(18-14-9-6-10-15-18)23-20(16(2)22(19,3)24)17-12-7-5-8-13-17/h5-10,12-16,19-21,23-24H,4,11H2,1-3H3/p+1/t16-,19+,20-,21+,22+/m0/s1. The monoisotopic (exact) mass is 324 g/mol. The third-order valence-corrected chi connectivity index (χ3v) is 6.03. The summed E-state index contributed by atoms with van der Waals surface area (Å²) in [5.74, 6) is 0.469. The van der Waals surface area contributed by atoms with E-state index in [-0.39, 0.29) is 17.9 Å². The van der Waals surface area contributed by atoms with Gasteiger partial charge >= 0.3 is 0 Å². The predicted octanol–water partition coefficient (Wildman–Crippen LogP) is 3.85. The third-order valence-electron chi connectivity index (χ3n) is 6.03. The van der Waals surface area contributed by atoms with Crippen LogP contribution in [-0.2, 0) is 0 Å². The predicted molar refractivity (Wildman–Crippen MR) is 98.5 cm³/mol. The zero-order valence-electron chi connectivity index (χ0n) is 15.0. The highest BCUT2D eigenvalue weighted by molar-refractivity contribution is 5.23. The molecule has 0 amide bonds. The second-order valence-electron chi connectivity index (χ2n) is 7.48. The Labute approximate surface area is 145 Å². The highest BCUT2D eigenvalue weighted by Gasteiger charge is 2.52. The fourth-order valence-electron chi connectivity index (χ4n) is 4.47. The summed E-state index contributed by atoms with van der Waals surface area (Å²) in [6, 6.07) is 21.9. The summed E-state index contributed by atoms with van der Waals surface area (Å²) in [6.07, 6.45) is 2.15. The van der Waals surface area contributed by atoms with E-state index >= 15 is 0 Å². The van der Waals surface area contributed by atoms with Gasteiger partial charge in [-0.15, -0.1) is 0 Å². The minimum atomic E-state index is -0.675. The maximum Gasteiger partial charge on any atom is 0.118 e. The molecule has 1 aliphatic rings. The summed E-state index contributed by atoms with van der Waals surface area (Å²) in [7, 11) is 0. The molecular formula is C22H30NO+. The molecule has 1 aliphatic heterocycles. The van der Waals surface area contributed by atoms with Crippen LogP contribution in [0.15, 0.2) is 60.7 Å². The molecule has 2 aromatic carbocycles. The van der Waals surface area contributed by atoms with Crippen LogP contribution in [0.5, 0.6) is 0 Å². The first-order chi connectivity index (χ1) is 11.6. The molecule has 0 saturated carbocycles. The van der Waals surface area contributed by atoms with E-state index in [0.717, 1.165) is 12.8 Å². The van der Waals surface area contributed by atoms with Gasteiger partial charge in [0.25, 0.3) is 0 Å². The van der Waals surface area contributed by atoms with E-state index in [2.05, 4.69) is 86.8 Å². The lowest BCUT2D eigenvalue weighted by Gasteiger charge is -2.49. The Kier molecular flexibility index (Phi) is 5.07. The number of benzene rings is 2. The second-order valence-corrected chi connectivity index (χ2v) is 7.48. The van der Waals surface area contributed by atoms with Gasteiger partial charge in [-0.05, 0) is 13.3 Å². The minimum Gasteiger partial charge on any atom is -0.389 e. The van der Waals surface area contributed by atoms with E-state index in [9.17, 15) is 5.11 Å². The molecule has 3 N–H and O–H groups in total. The molecule has 2 nitrogen and oxygen atoms in total. The SMILES string of the molecule is CCC[C@@H]1[C@@H](c2ccccc2)[NH2+][C@H](c2ccccc2)[C@H](C)[C@@]1(C)O. The Morgan fingerprint density at radius 2 is 1.42 bits per heavy atom. The Morgan fingerprint density at radius 1 is 0.917 bits per heavy atom. The van der Waals surface area contributed by atoms with Crippen molar-refractivity contribution in [3.8, 4) is 0 Å². The number of hydrogen-bond donors (Lipinski definition) is 2. The van der Waals surface area contributed by atoms with Crippen LogP contribution in [-0.4, -0.2) is 10.7 Å². The van der Waals surface area contributed by atoms with E-state index < -0.39 is 5.60 Å². The van der Waals surface area contributed by atoms with E-state index in [1.165, 1.54) is 11.1 Å². The van der Waals surface area contributed by atoms with Crippen molar-refractivity contribution in [2.45, 2.75) is 51.3 Å². The van der Waals surface area contributed by atoms with Gasteiger partial charge in [0, 0.05) is 23.0 Å². The third kappa shape index (κ3) is 3.13. The van der Waals surface area contributed by atoms with Gasteiger partial charge in [0.2, 0.25) is 0 Å². The average molecular weight is 324 g/mol. The van der Waals surface area contributed by atoms with Gasteiger partial charge in [-0.1, -0.05) is 80.9 Å². The van der Waals surface area contributed by atoms with Crippen LogP contribution in [0, 0.1) is 11.8 Å². The first kappa shape index (κ1) is 17.2. The fourth-order valence-corrected chi connectivity index (χ4v) is 4.47. The molecule has 0 unspecified atom stereocenters. The largest absolute Gasteiger partial charge is 0.389 e. The van der Waals surface area contributed by atoms with Crippen LogP contribution in [0.2, 0.25) is 0 Å². The van der Waals surface area contributed by atoms with Crippen LogP contribution in [0.3, 0.4) is 0 Å². The number of quaternary nitrogens is 1. The van der Waals surface area contributed by atoms with Crippen molar-refractivity contribution < 1.29 is 10.4 Å². The van der Waals surface area contributed by atoms with Gasteiger partial charge in [-0.25, -0.2) is 0 Å². The molecule has 0 spiro atoms. The summed E-state index contributed by atoms with van der Waals surface area (Å²) in [4.78, 5) is 0. The molecule has 0 aromatic heterocycles. The topological polar surface area (TPSA) is 36.8 Å². The van der Waals surface area contributed by atoms with Crippen molar-refractivity contribution in [2.24, 2.45) is 11.8 Å². The number of nitrogens with two attached hydrogens (primary N) is 1. The highest BCUT2D eigenvalue weighted by Crippen LogP contribution is 2.44. The summed E-state index contributed by atoms with van der Waals surface area (Å²) in [5.41, 5.74) is 1.95. The molecule has 5 atom stereocenters. The fraction of sp³-hybridized carbons (Fsp3) is 0.455. The molecule has 0 bridgehead atoms. The molecule has 0 radical (unpaired) electrons. The molecule has 2 heteroatoms. The van der Waals surface area contributed by atoms with Crippen LogP contribution in [0.4, 0.5) is 0 Å². The van der Waals surface area contributed by atoms with Crippen molar-refractivity contribution in [1.82, 2.24) is 0 Å². The first-order valence-electron chi connectivity index (χ1n) is 9.23. The molecule has 2 aromatic rings. The van der Waals surface area contributed by atoms with Crippen molar-refractivity contribution >= 4 is 0 Å². The van der Waals surface area contributed by atoms with Crippen LogP contribution in [0.25, 0.3) is 0 Å². The van der Waals surface area contributed by atoms with E-state index in [1.807, 2.05) is 0 Å². The minimum absolute atomic E-state index is 0.205. The zero-order valence-corrected chi connectivity index (χ0v) is 15.0. The van der Waals surface area contributed by atoms with E-state index in [0.29, 0.717) is 6.04 Å². The summed E-state index contributed by atoms with van der Waals surface area (Å²) in [5, 5.41) is 14.0. The Balaban J connectivity index is 2.01. The van der Waals surface area contributed by atoms with Crippen molar-refractivity contribution in [1.29, 1.82) is 0 Å². The average Bonchev–Trinajstić information content (AvgIpc) is 2.61. The van der Waals surface area contributed by atoms with E-state index in [4.69, 9.17) is 0 Å². The number of rotatable bonds is 4. The van der Waals surface area contributed by atoms with Gasteiger partial charge in [0.05, 0.1) is 5.60 Å². The van der Waals surface area contributed by atoms with Crippen molar-refractivity contribution in [2.75, 3.05) is 0 Å². The summed E-state index contributed by atoms with van der Waals surface area (Å²) >= 11 is 0. The van der Waals surface area contributed by atoms with Gasteiger partial charge in [-0.3, -0.25) is 0 Å². The smallest absolute Gasteiger partial charge is 0.118 e. The molecular weight excluding hydrogens is 294 g/mol. The van der Waals surface area contributed by atoms with Gasteiger partial charge in [-0.2, -0.15) is 0 Å². The maximum atomic E-state index is 11.5. The maximum absolute atomic E-state index is 11.5. The summed E-state index contributed by atoms with van der Waals surface area (Å²) in [6.45, 7) is 6.47. The van der Waals surface area contributed by atoms with Crippen molar-refractivity contribution in [3.63, 3.8) is 0 Å². The van der Waals surface area contributed by atoms with Crippen LogP contribution < -0.4 is 5.32 Å².